The lowest BCUT2D eigenvalue weighted by molar-refractivity contribution is -0.143. The van der Waals surface area contributed by atoms with E-state index in [1.165, 1.54) is 12.0 Å². The average Bonchev–Trinajstić information content (AvgIpc) is 3.32. The standard InChI is InChI=1S/C27H32N4O3/c32-27(33)25(23-8-3-5-19-11-14-28-17-24(19)23)31-15-12-22(18-31)34-16-2-1-7-21-10-9-20-6-4-13-29-26(20)30-21/h3,5,8-11,14,17,22,25H,1-2,4,6-7,12-13,15-16,18H2,(H,29,30)(H,32,33)/t22-,25?/m1/s1. The van der Waals surface area contributed by atoms with Crippen molar-refractivity contribution in [3.8, 4) is 0 Å². The molecule has 2 N–H and O–H groups in total. The quantitative estimate of drug-likeness (QED) is 0.462. The predicted octanol–water partition coefficient (Wildman–Crippen LogP) is 4.23. The van der Waals surface area contributed by atoms with E-state index in [9.17, 15) is 9.90 Å². The molecule has 2 aliphatic rings. The number of pyridine rings is 2. The van der Waals surface area contributed by atoms with Crippen LogP contribution in [0.3, 0.4) is 0 Å². The Morgan fingerprint density at radius 2 is 2.18 bits per heavy atom. The molecular weight excluding hydrogens is 428 g/mol. The largest absolute Gasteiger partial charge is 0.480 e. The minimum atomic E-state index is -0.830. The summed E-state index contributed by atoms with van der Waals surface area (Å²) in [5.74, 6) is 0.227. The zero-order chi connectivity index (χ0) is 23.3. The molecule has 2 atom stereocenters. The van der Waals surface area contributed by atoms with Crippen LogP contribution >= 0.6 is 0 Å². The molecule has 5 rings (SSSR count). The molecule has 7 heteroatoms. The second kappa shape index (κ2) is 10.5. The molecule has 7 nitrogen and oxygen atoms in total. The van der Waals surface area contributed by atoms with E-state index < -0.39 is 12.0 Å². The summed E-state index contributed by atoms with van der Waals surface area (Å²) >= 11 is 0. The van der Waals surface area contributed by atoms with E-state index >= 15 is 0 Å². The Morgan fingerprint density at radius 3 is 3.09 bits per heavy atom. The van der Waals surface area contributed by atoms with Gasteiger partial charge < -0.3 is 15.2 Å². The minimum absolute atomic E-state index is 0.0704. The van der Waals surface area contributed by atoms with Gasteiger partial charge in [-0.15, -0.1) is 0 Å². The van der Waals surface area contributed by atoms with Crippen LogP contribution in [0.5, 0.6) is 0 Å². The molecule has 4 heterocycles. The van der Waals surface area contributed by atoms with Gasteiger partial charge in [-0.1, -0.05) is 24.3 Å². The highest BCUT2D eigenvalue weighted by Gasteiger charge is 2.34. The van der Waals surface area contributed by atoms with Gasteiger partial charge in [-0.25, -0.2) is 4.98 Å². The van der Waals surface area contributed by atoms with Crippen molar-refractivity contribution in [1.29, 1.82) is 0 Å². The van der Waals surface area contributed by atoms with Crippen molar-refractivity contribution in [1.82, 2.24) is 14.9 Å². The number of ether oxygens (including phenoxy) is 1. The lowest BCUT2D eigenvalue weighted by atomic mass is 9.99. The molecule has 1 saturated heterocycles. The number of aromatic nitrogens is 2. The molecule has 0 bridgehead atoms. The van der Waals surface area contributed by atoms with E-state index in [0.29, 0.717) is 19.7 Å². The van der Waals surface area contributed by atoms with Crippen molar-refractivity contribution in [2.75, 3.05) is 31.6 Å². The monoisotopic (exact) mass is 460 g/mol. The average molecular weight is 461 g/mol. The van der Waals surface area contributed by atoms with Crippen molar-refractivity contribution in [2.24, 2.45) is 0 Å². The van der Waals surface area contributed by atoms with Gasteiger partial charge >= 0.3 is 5.97 Å². The Morgan fingerprint density at radius 1 is 1.24 bits per heavy atom. The number of nitrogens with zero attached hydrogens (tertiary/aromatic N) is 3. The molecule has 178 valence electrons. The molecule has 0 aliphatic carbocycles. The van der Waals surface area contributed by atoms with Gasteiger partial charge in [0.05, 0.1) is 6.10 Å². The number of aliphatic carboxylic acids is 1. The van der Waals surface area contributed by atoms with E-state index in [2.05, 4.69) is 22.4 Å². The zero-order valence-electron chi connectivity index (χ0n) is 19.4. The minimum Gasteiger partial charge on any atom is -0.480 e. The van der Waals surface area contributed by atoms with Crippen LogP contribution in [-0.4, -0.2) is 58.3 Å². The Balaban J connectivity index is 1.12. The van der Waals surface area contributed by atoms with Gasteiger partial charge in [0, 0.05) is 49.7 Å². The molecule has 0 amide bonds. The molecule has 0 spiro atoms. The highest BCUT2D eigenvalue weighted by molar-refractivity contribution is 5.89. The second-order valence-electron chi connectivity index (χ2n) is 9.26. The van der Waals surface area contributed by atoms with Crippen molar-refractivity contribution in [2.45, 2.75) is 50.7 Å². The maximum atomic E-state index is 12.2. The van der Waals surface area contributed by atoms with E-state index in [1.54, 1.807) is 12.4 Å². The number of hydrogen-bond donors (Lipinski definition) is 2. The molecule has 1 fully saturated rings. The Kier molecular flexibility index (Phi) is 7.02. The van der Waals surface area contributed by atoms with Crippen LogP contribution in [0.15, 0.2) is 48.8 Å². The number of unbranched alkanes of at least 4 members (excludes halogenated alkanes) is 1. The number of fused-ring (bicyclic) bond motifs is 2. The van der Waals surface area contributed by atoms with Crippen LogP contribution in [0.4, 0.5) is 5.82 Å². The van der Waals surface area contributed by atoms with Crippen LogP contribution < -0.4 is 5.32 Å². The summed E-state index contributed by atoms with van der Waals surface area (Å²) in [6.45, 7) is 3.05. The molecule has 2 aromatic heterocycles. The van der Waals surface area contributed by atoms with Crippen LogP contribution in [0, 0.1) is 0 Å². The molecular formula is C27H32N4O3. The number of hydrogen-bond acceptors (Lipinski definition) is 6. The van der Waals surface area contributed by atoms with Crippen LogP contribution in [0.2, 0.25) is 0 Å². The van der Waals surface area contributed by atoms with Crippen molar-refractivity contribution in [3.63, 3.8) is 0 Å². The number of likely N-dealkylation sites (tertiary alicyclic amines) is 1. The maximum Gasteiger partial charge on any atom is 0.325 e. The van der Waals surface area contributed by atoms with Gasteiger partial charge in [0.2, 0.25) is 0 Å². The maximum absolute atomic E-state index is 12.2. The van der Waals surface area contributed by atoms with Gasteiger partial charge in [0.25, 0.3) is 0 Å². The molecule has 34 heavy (non-hydrogen) atoms. The summed E-state index contributed by atoms with van der Waals surface area (Å²) in [7, 11) is 0. The SMILES string of the molecule is O=C(O)C(c1cccc2ccncc12)N1CC[C@@H](OCCCCc2ccc3c(n2)NCCC3)C1. The second-order valence-corrected chi connectivity index (χ2v) is 9.26. The fourth-order valence-corrected chi connectivity index (χ4v) is 5.15. The van der Waals surface area contributed by atoms with Gasteiger partial charge in [-0.05, 0) is 67.2 Å². The number of carboxylic acid groups (broad SMARTS) is 1. The Bertz CT molecular complexity index is 1150. The third-order valence-corrected chi connectivity index (χ3v) is 6.92. The van der Waals surface area contributed by atoms with Gasteiger partial charge in [0.1, 0.15) is 11.9 Å². The first-order chi connectivity index (χ1) is 16.7. The number of benzene rings is 1. The van der Waals surface area contributed by atoms with Gasteiger partial charge in [-0.2, -0.15) is 0 Å². The van der Waals surface area contributed by atoms with E-state index in [1.807, 2.05) is 29.2 Å². The van der Waals surface area contributed by atoms with Crippen LogP contribution in [-0.2, 0) is 22.4 Å². The lowest BCUT2D eigenvalue weighted by Gasteiger charge is -2.25. The topological polar surface area (TPSA) is 87.6 Å². The number of rotatable bonds is 9. The van der Waals surface area contributed by atoms with Crippen LogP contribution in [0.25, 0.3) is 10.8 Å². The van der Waals surface area contributed by atoms with E-state index in [4.69, 9.17) is 9.72 Å². The normalized spacial score (nSPS) is 19.0. The molecule has 1 unspecified atom stereocenters. The number of carboxylic acids is 1. The summed E-state index contributed by atoms with van der Waals surface area (Å²) in [4.78, 5) is 23.3. The molecule has 0 saturated carbocycles. The van der Waals surface area contributed by atoms with Crippen molar-refractivity contribution >= 4 is 22.6 Å². The summed E-state index contributed by atoms with van der Waals surface area (Å²) in [6, 6.07) is 11.4. The number of anilines is 1. The summed E-state index contributed by atoms with van der Waals surface area (Å²) in [6.07, 6.45) is 9.66. The first kappa shape index (κ1) is 22.7. The molecule has 3 aromatic rings. The molecule has 0 radical (unpaired) electrons. The number of aryl methyl sites for hydroxylation is 2. The third-order valence-electron chi connectivity index (χ3n) is 6.92. The lowest BCUT2D eigenvalue weighted by Crippen LogP contribution is -2.33. The highest BCUT2D eigenvalue weighted by Crippen LogP contribution is 2.31. The summed E-state index contributed by atoms with van der Waals surface area (Å²) in [5.41, 5.74) is 3.25. The van der Waals surface area contributed by atoms with Gasteiger partial charge in [0.15, 0.2) is 0 Å². The van der Waals surface area contributed by atoms with Gasteiger partial charge in [-0.3, -0.25) is 14.7 Å². The Labute approximate surface area is 200 Å². The first-order valence-electron chi connectivity index (χ1n) is 12.3. The number of carbonyl (C=O) groups is 1. The fraction of sp³-hybridized carbons (Fsp3) is 0.444. The summed E-state index contributed by atoms with van der Waals surface area (Å²) in [5, 5.41) is 15.4. The van der Waals surface area contributed by atoms with E-state index in [0.717, 1.165) is 66.5 Å². The third kappa shape index (κ3) is 5.05. The fourth-order valence-electron chi connectivity index (χ4n) is 5.15. The summed E-state index contributed by atoms with van der Waals surface area (Å²) < 4.78 is 6.14. The molecule has 2 aliphatic heterocycles. The molecule has 1 aromatic carbocycles. The van der Waals surface area contributed by atoms with Crippen molar-refractivity contribution < 1.29 is 14.6 Å². The first-order valence-corrected chi connectivity index (χ1v) is 12.3. The van der Waals surface area contributed by atoms with Crippen LogP contribution in [0.1, 0.15) is 48.5 Å². The van der Waals surface area contributed by atoms with Crippen molar-refractivity contribution in [3.05, 3.63) is 65.6 Å². The smallest absolute Gasteiger partial charge is 0.325 e. The highest BCUT2D eigenvalue weighted by atomic mass is 16.5. The number of nitrogens with one attached hydrogen (secondary N) is 1. The zero-order valence-corrected chi connectivity index (χ0v) is 19.4. The Hall–Kier alpha value is -3.03. The predicted molar refractivity (Wildman–Crippen MR) is 132 cm³/mol. The van der Waals surface area contributed by atoms with E-state index in [-0.39, 0.29) is 6.10 Å².